The minimum atomic E-state index is -1.00. The molecule has 8 nitrogen and oxygen atoms in total. The van der Waals surface area contributed by atoms with E-state index in [0.29, 0.717) is 42.6 Å². The average molecular weight is 717 g/mol. The summed E-state index contributed by atoms with van der Waals surface area (Å²) in [6, 6.07) is 12.5. The summed E-state index contributed by atoms with van der Waals surface area (Å²) in [6.07, 6.45) is 2.55. The number of aryl methyl sites for hydroxylation is 5. The SMILES string of the molecule is Cc1nc2sc1CSc1cc(c3ccc(F)cc3c1)OCCCc1c(C(=O)O)n(C)c3c(c(Cl)ccc13)-c1c(C)nn3c1C(CCC3)OC2. The Morgan fingerprint density at radius 3 is 2.76 bits per heavy atom. The maximum atomic E-state index is 14.3. The third kappa shape index (κ3) is 5.70. The maximum Gasteiger partial charge on any atom is 0.352 e. The van der Waals surface area contributed by atoms with Crippen LogP contribution in [0.2, 0.25) is 5.02 Å². The van der Waals surface area contributed by atoms with Crippen molar-refractivity contribution in [1.29, 1.82) is 0 Å². The molecule has 3 aromatic carbocycles. The number of thiazole rings is 1. The van der Waals surface area contributed by atoms with Crippen molar-refractivity contribution < 1.29 is 23.8 Å². The van der Waals surface area contributed by atoms with E-state index >= 15 is 0 Å². The van der Waals surface area contributed by atoms with E-state index in [1.807, 2.05) is 42.8 Å². The lowest BCUT2D eigenvalue weighted by molar-refractivity contribution is 0.0180. The predicted molar refractivity (Wildman–Crippen MR) is 192 cm³/mol. The first-order valence-electron chi connectivity index (χ1n) is 16.3. The van der Waals surface area contributed by atoms with Crippen molar-refractivity contribution in [3.63, 3.8) is 0 Å². The standard InChI is InChI=1S/C37H34ClFN4O4S2/c1-19-30-18-48-23-15-21-14-22(39)8-9-24(21)29(16-23)46-13-5-6-25-26-10-11-27(38)33(34(26)42(3)35(25)37(44)45)32-20(2)41-43-12-4-7-28(36(32)43)47-17-31(40-19)49-30/h8-11,14-16,28H,4-7,12-13,17-18H2,1-3H3,(H,44,45). The van der Waals surface area contributed by atoms with Gasteiger partial charge in [-0.15, -0.1) is 23.1 Å². The van der Waals surface area contributed by atoms with Gasteiger partial charge in [0.05, 0.1) is 40.8 Å². The minimum Gasteiger partial charge on any atom is -0.493 e. The molecule has 1 N–H and O–H groups in total. The number of carbonyl (C=O) groups is 1. The lowest BCUT2D eigenvalue weighted by atomic mass is 9.94. The third-order valence-electron chi connectivity index (χ3n) is 9.56. The summed E-state index contributed by atoms with van der Waals surface area (Å²) >= 11 is 10.4. The molecule has 0 spiro atoms. The summed E-state index contributed by atoms with van der Waals surface area (Å²) in [5.41, 5.74) is 6.14. The molecule has 3 aromatic heterocycles. The monoisotopic (exact) mass is 716 g/mol. The maximum absolute atomic E-state index is 14.3. The summed E-state index contributed by atoms with van der Waals surface area (Å²) in [5, 5.41) is 19.3. The molecule has 0 amide bonds. The van der Waals surface area contributed by atoms with E-state index in [1.54, 1.807) is 40.8 Å². The first kappa shape index (κ1) is 32.3. The van der Waals surface area contributed by atoms with Crippen LogP contribution in [0.1, 0.15) is 68.4 Å². The number of rotatable bonds is 1. The van der Waals surface area contributed by atoms with Crippen LogP contribution in [0.3, 0.4) is 0 Å². The Morgan fingerprint density at radius 1 is 1.08 bits per heavy atom. The first-order chi connectivity index (χ1) is 23.7. The number of fused-ring (bicyclic) bond motifs is 7. The number of nitrogens with zero attached hydrogens (tertiary/aromatic N) is 4. The topological polar surface area (TPSA) is 91.4 Å². The molecule has 12 heteroatoms. The molecule has 0 radical (unpaired) electrons. The van der Waals surface area contributed by atoms with Crippen molar-refractivity contribution in [3.8, 4) is 16.9 Å². The summed E-state index contributed by atoms with van der Waals surface area (Å²) in [4.78, 5) is 19.8. The molecule has 0 saturated carbocycles. The second-order valence-corrected chi connectivity index (χ2v) is 15.3. The van der Waals surface area contributed by atoms with Crippen LogP contribution in [0.4, 0.5) is 4.39 Å². The smallest absolute Gasteiger partial charge is 0.352 e. The van der Waals surface area contributed by atoms with E-state index in [-0.39, 0.29) is 17.6 Å². The van der Waals surface area contributed by atoms with Gasteiger partial charge in [0, 0.05) is 51.0 Å². The molecule has 1 unspecified atom stereocenters. The number of ether oxygens (including phenoxy) is 2. The zero-order valence-electron chi connectivity index (χ0n) is 27.3. The number of carboxylic acids is 1. The number of halogens is 2. The van der Waals surface area contributed by atoms with Crippen LogP contribution in [0, 0.1) is 19.7 Å². The molecule has 8 rings (SSSR count). The molecule has 2 aliphatic rings. The molecule has 1 atom stereocenters. The number of carboxylic acid groups (broad SMARTS) is 1. The lowest BCUT2D eigenvalue weighted by Gasteiger charge is -2.25. The van der Waals surface area contributed by atoms with Crippen molar-refractivity contribution in [1.82, 2.24) is 19.3 Å². The van der Waals surface area contributed by atoms with E-state index < -0.39 is 5.97 Å². The van der Waals surface area contributed by atoms with Crippen LogP contribution in [-0.2, 0) is 37.1 Å². The van der Waals surface area contributed by atoms with Crippen LogP contribution >= 0.6 is 34.7 Å². The molecule has 252 valence electrons. The van der Waals surface area contributed by atoms with Gasteiger partial charge < -0.3 is 19.1 Å². The summed E-state index contributed by atoms with van der Waals surface area (Å²) in [6.45, 7) is 5.48. The fourth-order valence-corrected chi connectivity index (χ4v) is 9.77. The number of thioether (sulfide) groups is 1. The van der Waals surface area contributed by atoms with Crippen LogP contribution in [-0.4, -0.2) is 37.0 Å². The molecule has 49 heavy (non-hydrogen) atoms. The molecule has 0 saturated heterocycles. The average Bonchev–Trinajstić information content (AvgIpc) is 3.70. The predicted octanol–water partition coefficient (Wildman–Crippen LogP) is 9.43. The Bertz CT molecular complexity index is 2290. The quantitative estimate of drug-likeness (QED) is 0.181. The van der Waals surface area contributed by atoms with Crippen molar-refractivity contribution in [2.24, 2.45) is 7.05 Å². The highest BCUT2D eigenvalue weighted by molar-refractivity contribution is 7.98. The van der Waals surface area contributed by atoms with E-state index in [4.69, 9.17) is 31.2 Å². The highest BCUT2D eigenvalue weighted by atomic mass is 35.5. The van der Waals surface area contributed by atoms with Gasteiger partial charge >= 0.3 is 5.97 Å². The van der Waals surface area contributed by atoms with Gasteiger partial charge in [-0.25, -0.2) is 14.2 Å². The minimum absolute atomic E-state index is 0.224. The van der Waals surface area contributed by atoms with Gasteiger partial charge in [0.15, 0.2) is 0 Å². The molecule has 8 bridgehead atoms. The fraction of sp³-hybridized carbons (Fsp3) is 0.324. The summed E-state index contributed by atoms with van der Waals surface area (Å²) < 4.78 is 31.1. The number of aromatic nitrogens is 4. The van der Waals surface area contributed by atoms with Crippen molar-refractivity contribution in [3.05, 3.63) is 91.5 Å². The molecular formula is C37H34ClFN4O4S2. The van der Waals surface area contributed by atoms with Gasteiger partial charge in [-0.2, -0.15) is 5.10 Å². The first-order valence-corrected chi connectivity index (χ1v) is 18.5. The van der Waals surface area contributed by atoms with Gasteiger partial charge in [-0.1, -0.05) is 17.7 Å². The molecule has 6 aromatic rings. The molecule has 5 heterocycles. The Kier molecular flexibility index (Phi) is 8.42. The van der Waals surface area contributed by atoms with Crippen molar-refractivity contribution in [2.45, 2.75) is 69.4 Å². The van der Waals surface area contributed by atoms with Gasteiger partial charge in [-0.05, 0) is 86.9 Å². The zero-order valence-corrected chi connectivity index (χ0v) is 29.7. The second-order valence-electron chi connectivity index (χ2n) is 12.7. The van der Waals surface area contributed by atoms with Crippen LogP contribution < -0.4 is 4.74 Å². The van der Waals surface area contributed by atoms with Gasteiger partial charge in [0.25, 0.3) is 0 Å². The van der Waals surface area contributed by atoms with Crippen LogP contribution in [0.15, 0.2) is 47.4 Å². The fourth-order valence-electron chi connectivity index (χ4n) is 7.41. The highest BCUT2D eigenvalue weighted by Crippen LogP contribution is 2.46. The van der Waals surface area contributed by atoms with Crippen molar-refractivity contribution >= 4 is 62.3 Å². The van der Waals surface area contributed by atoms with Crippen molar-refractivity contribution in [2.75, 3.05) is 6.61 Å². The Hall–Kier alpha value is -3.90. The Labute approximate surface area is 295 Å². The summed E-state index contributed by atoms with van der Waals surface area (Å²) in [7, 11) is 1.79. The largest absolute Gasteiger partial charge is 0.493 e. The zero-order chi connectivity index (χ0) is 34.0. The van der Waals surface area contributed by atoms with Gasteiger partial charge in [0.1, 0.15) is 28.4 Å². The number of hydrogen-bond acceptors (Lipinski definition) is 7. The van der Waals surface area contributed by atoms with Gasteiger partial charge in [0.2, 0.25) is 0 Å². The Balaban J connectivity index is 1.28. The number of benzene rings is 3. The molecule has 0 aliphatic carbocycles. The highest BCUT2D eigenvalue weighted by Gasteiger charge is 2.32. The third-order valence-corrected chi connectivity index (χ3v) is 12.2. The Morgan fingerprint density at radius 2 is 1.92 bits per heavy atom. The van der Waals surface area contributed by atoms with E-state index in [0.717, 1.165) is 89.6 Å². The van der Waals surface area contributed by atoms with E-state index in [2.05, 4.69) is 0 Å². The van der Waals surface area contributed by atoms with Crippen LogP contribution in [0.25, 0.3) is 32.8 Å². The summed E-state index contributed by atoms with van der Waals surface area (Å²) in [5.74, 6) is 0.0698. The molecular weight excluding hydrogens is 683 g/mol. The normalized spacial score (nSPS) is 16.8. The molecule has 0 fully saturated rings. The van der Waals surface area contributed by atoms with Crippen LogP contribution in [0.5, 0.6) is 5.75 Å². The molecule has 2 aliphatic heterocycles. The second kappa shape index (κ2) is 12.8. The number of aromatic carboxylic acids is 1. The van der Waals surface area contributed by atoms with E-state index in [9.17, 15) is 14.3 Å². The lowest BCUT2D eigenvalue weighted by Crippen LogP contribution is -2.19. The number of hydrogen-bond donors (Lipinski definition) is 1. The van der Waals surface area contributed by atoms with E-state index in [1.165, 1.54) is 12.1 Å². The van der Waals surface area contributed by atoms with Gasteiger partial charge in [-0.3, -0.25) is 4.68 Å².